The molecular formula is C25H22F3N3O. The highest BCUT2D eigenvalue weighted by Gasteiger charge is 2.34. The van der Waals surface area contributed by atoms with Gasteiger partial charge in [0, 0.05) is 17.3 Å². The predicted molar refractivity (Wildman–Crippen MR) is 114 cm³/mol. The van der Waals surface area contributed by atoms with Gasteiger partial charge in [0.1, 0.15) is 6.10 Å². The number of aromatic nitrogens is 1. The molecule has 0 saturated carbocycles. The lowest BCUT2D eigenvalue weighted by atomic mass is 9.91. The molecule has 32 heavy (non-hydrogen) atoms. The standard InChI is InChI=1S/C25H22F3N3O/c26-25(27,28)20-9-4-7-18(15-20)22-21(10-5-11-30-22)24(32)23(31-12-1-2-13-31)19-8-3-6-17(14-19)16-29/h3-11,14-15,23-24,32H,1-2,12-13H2. The molecule has 7 heteroatoms. The van der Waals surface area contributed by atoms with E-state index in [-0.39, 0.29) is 0 Å². The van der Waals surface area contributed by atoms with Crippen LogP contribution in [-0.2, 0) is 6.18 Å². The van der Waals surface area contributed by atoms with E-state index in [1.54, 1.807) is 36.4 Å². The molecule has 0 bridgehead atoms. The van der Waals surface area contributed by atoms with Crippen LogP contribution in [0.5, 0.6) is 0 Å². The molecule has 0 amide bonds. The molecule has 164 valence electrons. The Kier molecular flexibility index (Phi) is 6.26. The Morgan fingerprint density at radius 2 is 1.75 bits per heavy atom. The Balaban J connectivity index is 1.79. The van der Waals surface area contributed by atoms with Crippen molar-refractivity contribution in [2.45, 2.75) is 31.2 Å². The second-order valence-corrected chi connectivity index (χ2v) is 7.89. The van der Waals surface area contributed by atoms with E-state index >= 15 is 0 Å². The fourth-order valence-electron chi connectivity index (χ4n) is 4.32. The number of nitrogens with zero attached hydrogens (tertiary/aromatic N) is 3. The van der Waals surface area contributed by atoms with E-state index in [1.807, 2.05) is 6.07 Å². The normalized spacial score (nSPS) is 16.5. The summed E-state index contributed by atoms with van der Waals surface area (Å²) >= 11 is 0. The van der Waals surface area contributed by atoms with Gasteiger partial charge >= 0.3 is 6.18 Å². The van der Waals surface area contributed by atoms with Crippen molar-refractivity contribution in [3.05, 3.63) is 89.1 Å². The smallest absolute Gasteiger partial charge is 0.386 e. The zero-order valence-corrected chi connectivity index (χ0v) is 17.3. The molecule has 2 atom stereocenters. The van der Waals surface area contributed by atoms with Crippen molar-refractivity contribution in [3.8, 4) is 17.3 Å². The minimum Gasteiger partial charge on any atom is -0.386 e. The SMILES string of the molecule is N#Cc1cccc(C(C(O)c2cccnc2-c2cccc(C(F)(F)F)c2)N2CCCC2)c1. The molecule has 1 saturated heterocycles. The van der Waals surface area contributed by atoms with Crippen LogP contribution >= 0.6 is 0 Å². The van der Waals surface area contributed by atoms with Crippen LogP contribution < -0.4 is 0 Å². The van der Waals surface area contributed by atoms with Crippen LogP contribution in [-0.4, -0.2) is 28.1 Å². The van der Waals surface area contributed by atoms with E-state index in [0.717, 1.165) is 43.6 Å². The average Bonchev–Trinajstić information content (AvgIpc) is 3.33. The molecule has 1 fully saturated rings. The van der Waals surface area contributed by atoms with Gasteiger partial charge in [-0.15, -0.1) is 0 Å². The number of pyridine rings is 1. The van der Waals surface area contributed by atoms with Gasteiger partial charge in [0.2, 0.25) is 0 Å². The summed E-state index contributed by atoms with van der Waals surface area (Å²) in [6.45, 7) is 1.58. The van der Waals surface area contributed by atoms with Crippen molar-refractivity contribution in [2.75, 3.05) is 13.1 Å². The predicted octanol–water partition coefficient (Wildman–Crippen LogP) is 5.51. The number of nitriles is 1. The Labute approximate surface area is 184 Å². The van der Waals surface area contributed by atoms with Crippen LogP contribution in [0.3, 0.4) is 0 Å². The lowest BCUT2D eigenvalue weighted by molar-refractivity contribution is -0.137. The summed E-state index contributed by atoms with van der Waals surface area (Å²) in [6, 6.07) is 17.1. The molecule has 0 radical (unpaired) electrons. The van der Waals surface area contributed by atoms with Gasteiger partial charge in [0.05, 0.1) is 28.9 Å². The molecule has 3 aromatic rings. The summed E-state index contributed by atoms with van der Waals surface area (Å²) in [4.78, 5) is 6.49. The van der Waals surface area contributed by atoms with Crippen molar-refractivity contribution in [3.63, 3.8) is 0 Å². The number of hydrogen-bond acceptors (Lipinski definition) is 4. The van der Waals surface area contributed by atoms with E-state index in [9.17, 15) is 23.5 Å². The van der Waals surface area contributed by atoms with Crippen LogP contribution in [0.25, 0.3) is 11.3 Å². The molecule has 4 nitrogen and oxygen atoms in total. The molecule has 1 aromatic heterocycles. The zero-order chi connectivity index (χ0) is 22.7. The maximum Gasteiger partial charge on any atom is 0.416 e. The van der Waals surface area contributed by atoms with Gasteiger partial charge in [-0.2, -0.15) is 18.4 Å². The van der Waals surface area contributed by atoms with Gasteiger partial charge in [-0.25, -0.2) is 0 Å². The summed E-state index contributed by atoms with van der Waals surface area (Å²) in [6.07, 6.45) is -2.02. The quantitative estimate of drug-likeness (QED) is 0.572. The van der Waals surface area contributed by atoms with Crippen molar-refractivity contribution in [1.82, 2.24) is 9.88 Å². The van der Waals surface area contributed by atoms with Crippen molar-refractivity contribution < 1.29 is 18.3 Å². The third kappa shape index (κ3) is 4.52. The van der Waals surface area contributed by atoms with Crippen LogP contribution in [0.2, 0.25) is 0 Å². The summed E-state index contributed by atoms with van der Waals surface area (Å²) in [5.74, 6) is 0. The maximum atomic E-state index is 13.3. The third-order valence-corrected chi connectivity index (χ3v) is 5.81. The number of rotatable bonds is 5. The van der Waals surface area contributed by atoms with Gasteiger partial charge < -0.3 is 5.11 Å². The minimum atomic E-state index is -4.47. The second kappa shape index (κ2) is 9.11. The first-order valence-corrected chi connectivity index (χ1v) is 10.4. The Bertz CT molecular complexity index is 1130. The number of aliphatic hydroxyl groups is 1. The van der Waals surface area contributed by atoms with E-state index in [0.29, 0.717) is 22.4 Å². The van der Waals surface area contributed by atoms with Gasteiger partial charge in [-0.3, -0.25) is 9.88 Å². The highest BCUT2D eigenvalue weighted by molar-refractivity contribution is 5.64. The molecule has 1 aliphatic heterocycles. The van der Waals surface area contributed by atoms with Crippen LogP contribution in [0.1, 0.15) is 47.2 Å². The highest BCUT2D eigenvalue weighted by Crippen LogP contribution is 2.40. The van der Waals surface area contributed by atoms with Crippen molar-refractivity contribution >= 4 is 0 Å². The molecular weight excluding hydrogens is 415 g/mol. The minimum absolute atomic E-state index is 0.292. The first kappa shape index (κ1) is 22.0. The van der Waals surface area contributed by atoms with Gasteiger partial charge in [-0.1, -0.05) is 30.3 Å². The largest absolute Gasteiger partial charge is 0.416 e. The molecule has 2 aromatic carbocycles. The average molecular weight is 437 g/mol. The first-order chi connectivity index (χ1) is 15.4. The van der Waals surface area contributed by atoms with Crippen LogP contribution in [0.4, 0.5) is 13.2 Å². The lowest BCUT2D eigenvalue weighted by Crippen LogP contribution is -2.31. The number of benzene rings is 2. The molecule has 2 unspecified atom stereocenters. The molecule has 1 N–H and O–H groups in total. The van der Waals surface area contributed by atoms with E-state index in [4.69, 9.17) is 0 Å². The van der Waals surface area contributed by atoms with Crippen molar-refractivity contribution in [1.29, 1.82) is 5.26 Å². The van der Waals surface area contributed by atoms with E-state index in [1.165, 1.54) is 12.3 Å². The number of aliphatic hydroxyl groups excluding tert-OH is 1. The molecule has 2 heterocycles. The second-order valence-electron chi connectivity index (χ2n) is 7.89. The monoisotopic (exact) mass is 437 g/mol. The number of hydrogen-bond donors (Lipinski definition) is 1. The van der Waals surface area contributed by atoms with Crippen LogP contribution in [0, 0.1) is 11.3 Å². The number of likely N-dealkylation sites (tertiary alicyclic amines) is 1. The van der Waals surface area contributed by atoms with Crippen LogP contribution in [0.15, 0.2) is 66.9 Å². The summed E-state index contributed by atoms with van der Waals surface area (Å²) in [5.41, 5.74) is 1.57. The molecule has 0 aliphatic carbocycles. The lowest BCUT2D eigenvalue weighted by Gasteiger charge is -2.33. The molecule has 4 rings (SSSR count). The summed E-state index contributed by atoms with van der Waals surface area (Å²) in [5, 5.41) is 20.9. The Morgan fingerprint density at radius 3 is 2.47 bits per heavy atom. The first-order valence-electron chi connectivity index (χ1n) is 10.4. The topological polar surface area (TPSA) is 60.1 Å². The van der Waals surface area contributed by atoms with Crippen molar-refractivity contribution in [2.24, 2.45) is 0 Å². The zero-order valence-electron chi connectivity index (χ0n) is 17.3. The Morgan fingerprint density at radius 1 is 1.00 bits per heavy atom. The fraction of sp³-hybridized carbons (Fsp3) is 0.280. The summed E-state index contributed by atoms with van der Waals surface area (Å²) in [7, 11) is 0. The number of halogens is 3. The fourth-order valence-corrected chi connectivity index (χ4v) is 4.32. The summed E-state index contributed by atoms with van der Waals surface area (Å²) < 4.78 is 39.8. The highest BCUT2D eigenvalue weighted by atomic mass is 19.4. The third-order valence-electron chi connectivity index (χ3n) is 5.81. The molecule has 0 spiro atoms. The van der Waals surface area contributed by atoms with Gasteiger partial charge in [0.15, 0.2) is 0 Å². The van der Waals surface area contributed by atoms with Gasteiger partial charge in [-0.05, 0) is 61.8 Å². The Hall–Kier alpha value is -3.21. The van der Waals surface area contributed by atoms with E-state index < -0.39 is 23.9 Å². The molecule has 1 aliphatic rings. The number of alkyl halides is 3. The maximum absolute atomic E-state index is 13.3. The van der Waals surface area contributed by atoms with Gasteiger partial charge in [0.25, 0.3) is 0 Å². The van der Waals surface area contributed by atoms with E-state index in [2.05, 4.69) is 16.0 Å².